The fourth-order valence-electron chi connectivity index (χ4n) is 5.46. The molecule has 0 N–H and O–H groups in total. The van der Waals surface area contributed by atoms with Crippen LogP contribution in [0, 0.1) is 0 Å². The van der Waals surface area contributed by atoms with Crippen LogP contribution in [0.4, 0.5) is 0 Å². The average molecular weight is 603 g/mol. The lowest BCUT2D eigenvalue weighted by atomic mass is 9.81. The minimum atomic E-state index is -0.668. The van der Waals surface area contributed by atoms with E-state index in [9.17, 15) is 4.79 Å². The minimum absolute atomic E-state index is 0.0940. The predicted molar refractivity (Wildman–Crippen MR) is 171 cm³/mol. The van der Waals surface area contributed by atoms with E-state index in [0.717, 1.165) is 22.3 Å². The molecular formula is C38H34O7. The molecule has 0 aliphatic carbocycles. The molecule has 0 saturated carbocycles. The Kier molecular flexibility index (Phi) is 8.87. The summed E-state index contributed by atoms with van der Waals surface area (Å²) in [6.07, 6.45) is -0.668. The van der Waals surface area contributed by atoms with Crippen molar-refractivity contribution in [3.8, 4) is 34.5 Å². The van der Waals surface area contributed by atoms with E-state index in [1.54, 1.807) is 33.5 Å². The van der Waals surface area contributed by atoms with Crippen LogP contribution >= 0.6 is 0 Å². The Morgan fingerprint density at radius 1 is 0.578 bits per heavy atom. The van der Waals surface area contributed by atoms with Gasteiger partial charge in [0, 0.05) is 6.07 Å². The van der Waals surface area contributed by atoms with Gasteiger partial charge in [-0.15, -0.1) is 0 Å². The standard InChI is InChI=1S/C38H34O7/c1-40-29-17-14-27(15-18-29)36-37(39)30-21-33(41-2)34(42-3)22-32(30)45-38(36)28-16-19-31(43-23-25-10-6-4-7-11-25)35(20-28)44-24-26-12-8-5-9-13-26/h4-22,36,38H,23-24H2,1-3H3. The number of ketones is 1. The van der Waals surface area contributed by atoms with E-state index >= 15 is 0 Å². The molecule has 0 fully saturated rings. The summed E-state index contributed by atoms with van der Waals surface area (Å²) >= 11 is 0. The van der Waals surface area contributed by atoms with Gasteiger partial charge in [-0.3, -0.25) is 4.79 Å². The number of rotatable bonds is 11. The first-order valence-corrected chi connectivity index (χ1v) is 14.7. The molecule has 1 aliphatic rings. The first kappa shape index (κ1) is 29.6. The molecule has 5 aromatic rings. The Bertz CT molecular complexity index is 1750. The molecular weight excluding hydrogens is 568 g/mol. The quantitative estimate of drug-likeness (QED) is 0.152. The average Bonchev–Trinajstić information content (AvgIpc) is 3.10. The van der Waals surface area contributed by atoms with E-state index in [1.807, 2.05) is 103 Å². The van der Waals surface area contributed by atoms with Gasteiger partial charge in [0.05, 0.1) is 32.8 Å². The third kappa shape index (κ3) is 6.43. The van der Waals surface area contributed by atoms with Gasteiger partial charge in [-0.25, -0.2) is 0 Å². The van der Waals surface area contributed by atoms with Crippen molar-refractivity contribution in [2.24, 2.45) is 0 Å². The summed E-state index contributed by atoms with van der Waals surface area (Å²) in [5.74, 6) is 2.44. The number of benzene rings is 5. The monoisotopic (exact) mass is 602 g/mol. The van der Waals surface area contributed by atoms with Crippen molar-refractivity contribution in [2.75, 3.05) is 21.3 Å². The number of fused-ring (bicyclic) bond motifs is 1. The molecule has 1 heterocycles. The molecule has 45 heavy (non-hydrogen) atoms. The molecule has 6 rings (SSSR count). The molecule has 0 bridgehead atoms. The fraction of sp³-hybridized carbons (Fsp3) is 0.184. The van der Waals surface area contributed by atoms with Crippen molar-refractivity contribution < 1.29 is 33.2 Å². The second-order valence-corrected chi connectivity index (χ2v) is 10.6. The maximum absolute atomic E-state index is 14.3. The lowest BCUT2D eigenvalue weighted by molar-refractivity contribution is 0.0779. The number of hydrogen-bond donors (Lipinski definition) is 0. The van der Waals surface area contributed by atoms with Crippen molar-refractivity contribution in [1.82, 2.24) is 0 Å². The summed E-state index contributed by atoms with van der Waals surface area (Å²) in [6.45, 7) is 0.724. The molecule has 0 amide bonds. The maximum Gasteiger partial charge on any atom is 0.178 e. The summed E-state index contributed by atoms with van der Waals surface area (Å²) in [7, 11) is 4.71. The fourth-order valence-corrected chi connectivity index (χ4v) is 5.46. The van der Waals surface area contributed by atoms with Gasteiger partial charge in [0.1, 0.15) is 30.8 Å². The number of carbonyl (C=O) groups excluding carboxylic acids is 1. The van der Waals surface area contributed by atoms with Crippen molar-refractivity contribution in [3.63, 3.8) is 0 Å². The number of methoxy groups -OCH3 is 3. The Labute approximate surface area is 262 Å². The van der Waals surface area contributed by atoms with E-state index in [0.29, 0.717) is 53.3 Å². The summed E-state index contributed by atoms with van der Waals surface area (Å²) in [4.78, 5) is 14.3. The Morgan fingerprint density at radius 2 is 1.16 bits per heavy atom. The highest BCUT2D eigenvalue weighted by Crippen LogP contribution is 2.48. The van der Waals surface area contributed by atoms with Gasteiger partial charge in [0.15, 0.2) is 28.8 Å². The van der Waals surface area contributed by atoms with Gasteiger partial charge in [0.2, 0.25) is 0 Å². The Hall–Kier alpha value is -5.43. The zero-order valence-electron chi connectivity index (χ0n) is 25.4. The number of carbonyl (C=O) groups is 1. The van der Waals surface area contributed by atoms with Crippen molar-refractivity contribution in [2.45, 2.75) is 25.2 Å². The molecule has 1 aliphatic heterocycles. The highest BCUT2D eigenvalue weighted by Gasteiger charge is 2.40. The van der Waals surface area contributed by atoms with Gasteiger partial charge in [0.25, 0.3) is 0 Å². The van der Waals surface area contributed by atoms with Crippen molar-refractivity contribution >= 4 is 5.78 Å². The summed E-state index contributed by atoms with van der Waals surface area (Å²) in [6, 6.07) is 36.5. The maximum atomic E-state index is 14.3. The number of hydrogen-bond acceptors (Lipinski definition) is 7. The van der Waals surface area contributed by atoms with Crippen LogP contribution in [0.3, 0.4) is 0 Å². The predicted octanol–water partition coefficient (Wildman–Crippen LogP) is 7.97. The van der Waals surface area contributed by atoms with Crippen LogP contribution in [0.1, 0.15) is 44.6 Å². The van der Waals surface area contributed by atoms with E-state index < -0.39 is 12.0 Å². The van der Waals surface area contributed by atoms with Crippen LogP contribution in [0.5, 0.6) is 34.5 Å². The molecule has 0 spiro atoms. The second-order valence-electron chi connectivity index (χ2n) is 10.6. The van der Waals surface area contributed by atoms with Crippen LogP contribution < -0.4 is 28.4 Å². The molecule has 228 valence electrons. The lowest BCUT2D eigenvalue weighted by Gasteiger charge is -2.34. The molecule has 2 unspecified atom stereocenters. The molecule has 7 nitrogen and oxygen atoms in total. The van der Waals surface area contributed by atoms with Gasteiger partial charge in [-0.2, -0.15) is 0 Å². The topological polar surface area (TPSA) is 72.5 Å². The lowest BCUT2D eigenvalue weighted by Crippen LogP contribution is -2.30. The van der Waals surface area contributed by atoms with Crippen LogP contribution in [-0.2, 0) is 13.2 Å². The third-order valence-electron chi connectivity index (χ3n) is 7.84. The smallest absolute Gasteiger partial charge is 0.178 e. The Morgan fingerprint density at radius 3 is 1.76 bits per heavy atom. The first-order valence-electron chi connectivity index (χ1n) is 14.7. The van der Waals surface area contributed by atoms with Crippen LogP contribution in [0.2, 0.25) is 0 Å². The summed E-state index contributed by atoms with van der Waals surface area (Å²) in [5, 5.41) is 0. The van der Waals surface area contributed by atoms with Crippen molar-refractivity contribution in [1.29, 1.82) is 0 Å². The highest BCUT2D eigenvalue weighted by molar-refractivity contribution is 6.05. The molecule has 2 atom stereocenters. The zero-order chi connectivity index (χ0) is 31.2. The number of ether oxygens (including phenoxy) is 6. The SMILES string of the molecule is COc1ccc(C2C(=O)c3cc(OC)c(OC)cc3OC2c2ccc(OCc3ccccc3)c(OCc3ccccc3)c2)cc1. The molecule has 5 aromatic carbocycles. The zero-order valence-corrected chi connectivity index (χ0v) is 25.4. The highest BCUT2D eigenvalue weighted by atomic mass is 16.5. The molecule has 0 radical (unpaired) electrons. The van der Waals surface area contributed by atoms with E-state index in [4.69, 9.17) is 28.4 Å². The normalized spacial score (nSPS) is 15.4. The number of Topliss-reactive ketones (excluding diaryl/α,β-unsaturated/α-hetero) is 1. The second kappa shape index (κ2) is 13.5. The summed E-state index contributed by atoms with van der Waals surface area (Å²) < 4.78 is 35.7. The van der Waals surface area contributed by atoms with Crippen LogP contribution in [0.25, 0.3) is 0 Å². The molecule has 0 saturated heterocycles. The molecule has 0 aromatic heterocycles. The van der Waals surface area contributed by atoms with Gasteiger partial charge in [-0.1, -0.05) is 78.9 Å². The minimum Gasteiger partial charge on any atom is -0.497 e. The third-order valence-corrected chi connectivity index (χ3v) is 7.84. The first-order chi connectivity index (χ1) is 22.1. The molecule has 7 heteroatoms. The van der Waals surface area contributed by atoms with Gasteiger partial charge >= 0.3 is 0 Å². The van der Waals surface area contributed by atoms with Gasteiger partial charge in [-0.05, 0) is 52.6 Å². The largest absolute Gasteiger partial charge is 0.497 e. The van der Waals surface area contributed by atoms with Gasteiger partial charge < -0.3 is 28.4 Å². The van der Waals surface area contributed by atoms with E-state index in [-0.39, 0.29) is 5.78 Å². The Balaban J connectivity index is 1.41. The van der Waals surface area contributed by atoms with Crippen molar-refractivity contribution in [3.05, 3.63) is 143 Å². The van der Waals surface area contributed by atoms with E-state index in [2.05, 4.69) is 0 Å². The van der Waals surface area contributed by atoms with Crippen LogP contribution in [0.15, 0.2) is 115 Å². The van der Waals surface area contributed by atoms with E-state index in [1.165, 1.54) is 0 Å². The van der Waals surface area contributed by atoms with Crippen LogP contribution in [-0.4, -0.2) is 27.1 Å². The summed E-state index contributed by atoms with van der Waals surface area (Å²) in [5.41, 5.74) is 4.04.